The summed E-state index contributed by atoms with van der Waals surface area (Å²) in [5.41, 5.74) is 3.56. The Morgan fingerprint density at radius 3 is 2.22 bits per heavy atom. The standard InChI is InChI=1S/C22H28N2O3/c1-17-5-4-6-19(13-17)23-9-11-24(12-10-23)22(25)8-7-18-14-20(26-2)16-21(15-18)27-3/h4-6,13-16H,7-12H2,1-3H3. The van der Waals surface area contributed by atoms with Crippen LogP contribution >= 0.6 is 0 Å². The van der Waals surface area contributed by atoms with Crippen molar-refractivity contribution in [3.05, 3.63) is 53.6 Å². The van der Waals surface area contributed by atoms with Crippen LogP contribution in [-0.2, 0) is 11.2 Å². The largest absolute Gasteiger partial charge is 0.497 e. The number of methoxy groups -OCH3 is 2. The zero-order chi connectivity index (χ0) is 19.2. The van der Waals surface area contributed by atoms with E-state index in [4.69, 9.17) is 9.47 Å². The lowest BCUT2D eigenvalue weighted by molar-refractivity contribution is -0.131. The van der Waals surface area contributed by atoms with Gasteiger partial charge in [-0.2, -0.15) is 0 Å². The summed E-state index contributed by atoms with van der Waals surface area (Å²) >= 11 is 0. The van der Waals surface area contributed by atoms with Crippen LogP contribution in [-0.4, -0.2) is 51.2 Å². The van der Waals surface area contributed by atoms with Crippen LogP contribution in [0, 0.1) is 6.92 Å². The number of hydrogen-bond donors (Lipinski definition) is 0. The van der Waals surface area contributed by atoms with Crippen LogP contribution in [0.1, 0.15) is 17.5 Å². The Morgan fingerprint density at radius 1 is 0.963 bits per heavy atom. The number of aryl methyl sites for hydroxylation is 2. The minimum Gasteiger partial charge on any atom is -0.497 e. The Kier molecular flexibility index (Phi) is 6.22. The number of benzene rings is 2. The van der Waals surface area contributed by atoms with E-state index in [0.29, 0.717) is 12.8 Å². The van der Waals surface area contributed by atoms with Crippen LogP contribution in [0.25, 0.3) is 0 Å². The van der Waals surface area contributed by atoms with Crippen LogP contribution < -0.4 is 14.4 Å². The van der Waals surface area contributed by atoms with Gasteiger partial charge in [0.1, 0.15) is 11.5 Å². The molecule has 0 spiro atoms. The van der Waals surface area contributed by atoms with E-state index in [1.807, 2.05) is 23.1 Å². The van der Waals surface area contributed by atoms with Crippen molar-refractivity contribution in [2.45, 2.75) is 19.8 Å². The third kappa shape index (κ3) is 4.94. The number of ether oxygens (including phenoxy) is 2. The van der Waals surface area contributed by atoms with Gasteiger partial charge in [-0.3, -0.25) is 4.79 Å². The van der Waals surface area contributed by atoms with Crippen LogP contribution in [0.2, 0.25) is 0 Å². The van der Waals surface area contributed by atoms with Gasteiger partial charge >= 0.3 is 0 Å². The molecule has 3 rings (SSSR count). The number of piperazine rings is 1. The van der Waals surface area contributed by atoms with E-state index in [1.54, 1.807) is 14.2 Å². The molecule has 1 heterocycles. The Bertz CT molecular complexity index is 761. The number of carbonyl (C=O) groups excluding carboxylic acids is 1. The monoisotopic (exact) mass is 368 g/mol. The normalized spacial score (nSPS) is 14.2. The molecule has 0 aromatic heterocycles. The molecule has 144 valence electrons. The SMILES string of the molecule is COc1cc(CCC(=O)N2CCN(c3cccc(C)c3)CC2)cc(OC)c1. The smallest absolute Gasteiger partial charge is 0.223 e. The number of anilines is 1. The molecule has 1 amide bonds. The summed E-state index contributed by atoms with van der Waals surface area (Å²) in [6.07, 6.45) is 1.19. The van der Waals surface area contributed by atoms with Crippen molar-refractivity contribution in [2.24, 2.45) is 0 Å². The van der Waals surface area contributed by atoms with Crippen molar-refractivity contribution in [1.29, 1.82) is 0 Å². The molecule has 2 aromatic rings. The molecule has 0 aliphatic carbocycles. The van der Waals surface area contributed by atoms with Gasteiger partial charge in [-0.15, -0.1) is 0 Å². The maximum absolute atomic E-state index is 12.6. The lowest BCUT2D eigenvalue weighted by atomic mass is 10.1. The Hall–Kier alpha value is -2.69. The highest BCUT2D eigenvalue weighted by Crippen LogP contribution is 2.24. The first-order valence-corrected chi connectivity index (χ1v) is 9.40. The molecular weight excluding hydrogens is 340 g/mol. The molecule has 27 heavy (non-hydrogen) atoms. The minimum absolute atomic E-state index is 0.209. The van der Waals surface area contributed by atoms with Crippen molar-refractivity contribution in [3.8, 4) is 11.5 Å². The molecule has 0 radical (unpaired) electrons. The number of rotatable bonds is 6. The van der Waals surface area contributed by atoms with Crippen molar-refractivity contribution >= 4 is 11.6 Å². The van der Waals surface area contributed by atoms with Gasteiger partial charge in [-0.25, -0.2) is 0 Å². The molecule has 0 unspecified atom stereocenters. The van der Waals surface area contributed by atoms with Gasteiger partial charge in [-0.05, 0) is 48.7 Å². The average molecular weight is 368 g/mol. The average Bonchev–Trinajstić information content (AvgIpc) is 2.71. The molecule has 1 fully saturated rings. The quantitative estimate of drug-likeness (QED) is 0.785. The Balaban J connectivity index is 1.53. The number of hydrogen-bond acceptors (Lipinski definition) is 4. The zero-order valence-electron chi connectivity index (χ0n) is 16.4. The highest BCUT2D eigenvalue weighted by atomic mass is 16.5. The predicted octanol–water partition coefficient (Wildman–Crippen LogP) is 3.29. The van der Waals surface area contributed by atoms with E-state index >= 15 is 0 Å². The van der Waals surface area contributed by atoms with Gasteiger partial charge in [0.25, 0.3) is 0 Å². The molecule has 5 heteroatoms. The third-order valence-corrected chi connectivity index (χ3v) is 5.04. The molecule has 0 saturated carbocycles. The van der Waals surface area contributed by atoms with Crippen LogP contribution in [0.4, 0.5) is 5.69 Å². The number of nitrogens with zero attached hydrogens (tertiary/aromatic N) is 2. The maximum Gasteiger partial charge on any atom is 0.223 e. The molecule has 1 aliphatic rings. The van der Waals surface area contributed by atoms with Gasteiger partial charge in [0.2, 0.25) is 5.91 Å². The lowest BCUT2D eigenvalue weighted by Crippen LogP contribution is -2.48. The fraction of sp³-hybridized carbons (Fsp3) is 0.409. The van der Waals surface area contributed by atoms with Crippen LogP contribution in [0.3, 0.4) is 0 Å². The topological polar surface area (TPSA) is 42.0 Å². The molecule has 0 bridgehead atoms. The summed E-state index contributed by atoms with van der Waals surface area (Å²) in [7, 11) is 3.27. The Morgan fingerprint density at radius 2 is 1.63 bits per heavy atom. The highest BCUT2D eigenvalue weighted by Gasteiger charge is 2.21. The Labute approximate surface area is 161 Å². The molecule has 5 nitrogen and oxygen atoms in total. The third-order valence-electron chi connectivity index (χ3n) is 5.04. The summed E-state index contributed by atoms with van der Waals surface area (Å²) in [5, 5.41) is 0. The predicted molar refractivity (Wildman–Crippen MR) is 108 cm³/mol. The van der Waals surface area contributed by atoms with Crippen molar-refractivity contribution in [2.75, 3.05) is 45.3 Å². The molecule has 1 saturated heterocycles. The number of carbonyl (C=O) groups is 1. The van der Waals surface area contributed by atoms with E-state index in [2.05, 4.69) is 36.1 Å². The molecule has 1 aliphatic heterocycles. The fourth-order valence-electron chi connectivity index (χ4n) is 3.46. The molecular formula is C22H28N2O3. The summed E-state index contributed by atoms with van der Waals surface area (Å²) in [6.45, 7) is 5.41. The van der Waals surface area contributed by atoms with Gasteiger partial charge in [0, 0.05) is 44.4 Å². The zero-order valence-corrected chi connectivity index (χ0v) is 16.4. The van der Waals surface area contributed by atoms with E-state index in [-0.39, 0.29) is 5.91 Å². The summed E-state index contributed by atoms with van der Waals surface area (Å²) in [5.74, 6) is 1.72. The fourth-order valence-corrected chi connectivity index (χ4v) is 3.46. The molecule has 2 aromatic carbocycles. The number of amides is 1. The second-order valence-corrected chi connectivity index (χ2v) is 6.93. The molecule has 0 atom stereocenters. The van der Waals surface area contributed by atoms with E-state index in [9.17, 15) is 4.79 Å². The first-order chi connectivity index (χ1) is 13.1. The molecule has 0 N–H and O–H groups in total. The summed E-state index contributed by atoms with van der Waals surface area (Å²) < 4.78 is 10.6. The van der Waals surface area contributed by atoms with E-state index in [0.717, 1.165) is 43.2 Å². The lowest BCUT2D eigenvalue weighted by Gasteiger charge is -2.36. The van der Waals surface area contributed by atoms with Gasteiger partial charge in [0.15, 0.2) is 0 Å². The maximum atomic E-state index is 12.6. The first kappa shape index (κ1) is 19.1. The van der Waals surface area contributed by atoms with Gasteiger partial charge in [-0.1, -0.05) is 12.1 Å². The van der Waals surface area contributed by atoms with Gasteiger partial charge < -0.3 is 19.3 Å². The van der Waals surface area contributed by atoms with Crippen LogP contribution in [0.15, 0.2) is 42.5 Å². The highest BCUT2D eigenvalue weighted by molar-refractivity contribution is 5.77. The summed E-state index contributed by atoms with van der Waals surface area (Å²) in [6, 6.07) is 14.3. The summed E-state index contributed by atoms with van der Waals surface area (Å²) in [4.78, 5) is 16.9. The minimum atomic E-state index is 0.209. The van der Waals surface area contributed by atoms with Crippen molar-refractivity contribution in [3.63, 3.8) is 0 Å². The second kappa shape index (κ2) is 8.80. The van der Waals surface area contributed by atoms with E-state index in [1.165, 1.54) is 11.3 Å². The first-order valence-electron chi connectivity index (χ1n) is 9.40. The van der Waals surface area contributed by atoms with E-state index < -0.39 is 0 Å². The van der Waals surface area contributed by atoms with Crippen molar-refractivity contribution < 1.29 is 14.3 Å². The second-order valence-electron chi connectivity index (χ2n) is 6.93. The van der Waals surface area contributed by atoms with Crippen molar-refractivity contribution in [1.82, 2.24) is 4.90 Å². The van der Waals surface area contributed by atoms with Crippen LogP contribution in [0.5, 0.6) is 11.5 Å². The van der Waals surface area contributed by atoms with Gasteiger partial charge in [0.05, 0.1) is 14.2 Å².